The highest BCUT2D eigenvalue weighted by Crippen LogP contribution is 2.33. The summed E-state index contributed by atoms with van der Waals surface area (Å²) in [5.41, 5.74) is 2.76. The summed E-state index contributed by atoms with van der Waals surface area (Å²) in [6.07, 6.45) is 3.58. The van der Waals surface area contributed by atoms with Crippen molar-refractivity contribution in [1.29, 1.82) is 0 Å². The summed E-state index contributed by atoms with van der Waals surface area (Å²) < 4.78 is 0. The van der Waals surface area contributed by atoms with Gasteiger partial charge in [0.25, 0.3) is 0 Å². The van der Waals surface area contributed by atoms with Crippen molar-refractivity contribution >= 4 is 11.6 Å². The molecule has 1 unspecified atom stereocenters. The number of hydrogen-bond donors (Lipinski definition) is 1. The van der Waals surface area contributed by atoms with Crippen LogP contribution in [0.1, 0.15) is 37.8 Å². The van der Waals surface area contributed by atoms with E-state index in [1.165, 1.54) is 24.0 Å². The molecule has 0 saturated carbocycles. The molecule has 1 N–H and O–H groups in total. The Labute approximate surface area is 110 Å². The predicted molar refractivity (Wildman–Crippen MR) is 74.7 cm³/mol. The molecule has 17 heavy (non-hydrogen) atoms. The topological polar surface area (TPSA) is 12.0 Å². The molecule has 1 atom stereocenters. The van der Waals surface area contributed by atoms with Gasteiger partial charge in [-0.3, -0.25) is 0 Å². The number of hydrogen-bond acceptors (Lipinski definition) is 1. The fourth-order valence-electron chi connectivity index (χ4n) is 2.81. The molecule has 1 saturated heterocycles. The molecule has 2 rings (SSSR count). The van der Waals surface area contributed by atoms with Gasteiger partial charge in [-0.2, -0.15) is 0 Å². The molecule has 1 aromatic rings. The molecule has 1 fully saturated rings. The maximum atomic E-state index is 6.35. The lowest BCUT2D eigenvalue weighted by Crippen LogP contribution is -2.46. The van der Waals surface area contributed by atoms with Crippen LogP contribution in [0.15, 0.2) is 18.2 Å². The molecular weight excluding hydrogens is 230 g/mol. The normalized spacial score (nSPS) is 24.5. The van der Waals surface area contributed by atoms with Crippen LogP contribution < -0.4 is 5.32 Å². The number of rotatable bonds is 3. The predicted octanol–water partition coefficient (Wildman–Crippen LogP) is 3.97. The standard InChI is InChI=1S/C15H22ClN/c1-11(2)15(7-4-8-17-15)10-13-6-5-12(3)9-14(13)16/h5-6,9,11,17H,4,7-8,10H2,1-3H3. The van der Waals surface area contributed by atoms with E-state index < -0.39 is 0 Å². The summed E-state index contributed by atoms with van der Waals surface area (Å²) in [7, 11) is 0. The highest BCUT2D eigenvalue weighted by Gasteiger charge is 2.36. The molecule has 1 heterocycles. The van der Waals surface area contributed by atoms with E-state index >= 15 is 0 Å². The molecule has 0 amide bonds. The van der Waals surface area contributed by atoms with E-state index in [4.69, 9.17) is 11.6 Å². The van der Waals surface area contributed by atoms with Crippen LogP contribution in [0, 0.1) is 12.8 Å². The van der Waals surface area contributed by atoms with E-state index in [0.717, 1.165) is 18.0 Å². The van der Waals surface area contributed by atoms with Gasteiger partial charge in [0.2, 0.25) is 0 Å². The third kappa shape index (κ3) is 2.66. The molecular formula is C15H22ClN. The number of aryl methyl sites for hydroxylation is 1. The second-order valence-electron chi connectivity index (χ2n) is 5.61. The molecule has 1 aliphatic rings. The Morgan fingerprint density at radius 2 is 2.18 bits per heavy atom. The van der Waals surface area contributed by atoms with Gasteiger partial charge in [0, 0.05) is 10.6 Å². The van der Waals surface area contributed by atoms with Gasteiger partial charge >= 0.3 is 0 Å². The van der Waals surface area contributed by atoms with Gasteiger partial charge < -0.3 is 5.32 Å². The molecule has 0 spiro atoms. The Balaban J connectivity index is 2.23. The lowest BCUT2D eigenvalue weighted by atomic mass is 9.79. The highest BCUT2D eigenvalue weighted by atomic mass is 35.5. The smallest absolute Gasteiger partial charge is 0.0441 e. The number of halogens is 1. The molecule has 2 heteroatoms. The molecule has 1 aromatic carbocycles. The Hall–Kier alpha value is -0.530. The molecule has 0 aromatic heterocycles. The fourth-order valence-corrected chi connectivity index (χ4v) is 3.11. The first kappa shape index (κ1) is 12.9. The molecule has 0 aliphatic carbocycles. The zero-order chi connectivity index (χ0) is 12.5. The van der Waals surface area contributed by atoms with Crippen molar-refractivity contribution in [2.75, 3.05) is 6.54 Å². The number of nitrogens with one attached hydrogen (secondary N) is 1. The summed E-state index contributed by atoms with van der Waals surface area (Å²) in [5, 5.41) is 4.62. The minimum atomic E-state index is 0.249. The van der Waals surface area contributed by atoms with Crippen LogP contribution in [0.4, 0.5) is 0 Å². The van der Waals surface area contributed by atoms with Crippen molar-refractivity contribution in [3.63, 3.8) is 0 Å². The van der Waals surface area contributed by atoms with Gasteiger partial charge in [0.15, 0.2) is 0 Å². The zero-order valence-electron chi connectivity index (χ0n) is 11.0. The van der Waals surface area contributed by atoms with Crippen molar-refractivity contribution in [1.82, 2.24) is 5.32 Å². The molecule has 1 aliphatic heterocycles. The van der Waals surface area contributed by atoms with E-state index in [1.807, 2.05) is 0 Å². The maximum Gasteiger partial charge on any atom is 0.0441 e. The van der Waals surface area contributed by atoms with E-state index in [2.05, 4.69) is 44.3 Å². The van der Waals surface area contributed by atoms with Crippen molar-refractivity contribution in [2.45, 2.75) is 45.6 Å². The lowest BCUT2D eigenvalue weighted by molar-refractivity contribution is 0.269. The summed E-state index contributed by atoms with van der Waals surface area (Å²) >= 11 is 6.35. The third-order valence-electron chi connectivity index (χ3n) is 4.10. The number of benzene rings is 1. The minimum absolute atomic E-state index is 0.249. The monoisotopic (exact) mass is 251 g/mol. The molecule has 0 bridgehead atoms. The van der Waals surface area contributed by atoms with Crippen LogP contribution in [0.3, 0.4) is 0 Å². The summed E-state index contributed by atoms with van der Waals surface area (Å²) in [6.45, 7) is 7.84. The average Bonchev–Trinajstić information content (AvgIpc) is 2.72. The first-order valence-corrected chi connectivity index (χ1v) is 6.91. The van der Waals surface area contributed by atoms with Crippen LogP contribution in [0.25, 0.3) is 0 Å². The first-order chi connectivity index (χ1) is 8.03. The van der Waals surface area contributed by atoms with Crippen molar-refractivity contribution in [3.8, 4) is 0 Å². The molecule has 1 nitrogen and oxygen atoms in total. The van der Waals surface area contributed by atoms with Gasteiger partial charge in [-0.25, -0.2) is 0 Å². The van der Waals surface area contributed by atoms with Gasteiger partial charge in [-0.05, 0) is 55.8 Å². The maximum absolute atomic E-state index is 6.35. The lowest BCUT2D eigenvalue weighted by Gasteiger charge is -2.34. The summed E-state index contributed by atoms with van der Waals surface area (Å²) in [6, 6.07) is 6.41. The van der Waals surface area contributed by atoms with Crippen LogP contribution >= 0.6 is 11.6 Å². The van der Waals surface area contributed by atoms with E-state index in [0.29, 0.717) is 5.92 Å². The molecule has 0 radical (unpaired) electrons. The van der Waals surface area contributed by atoms with E-state index in [1.54, 1.807) is 0 Å². The quantitative estimate of drug-likeness (QED) is 0.857. The van der Waals surface area contributed by atoms with Crippen LogP contribution in [0.5, 0.6) is 0 Å². The van der Waals surface area contributed by atoms with E-state index in [-0.39, 0.29) is 5.54 Å². The zero-order valence-corrected chi connectivity index (χ0v) is 11.8. The first-order valence-electron chi connectivity index (χ1n) is 6.53. The highest BCUT2D eigenvalue weighted by molar-refractivity contribution is 6.31. The van der Waals surface area contributed by atoms with Crippen molar-refractivity contribution < 1.29 is 0 Å². The SMILES string of the molecule is Cc1ccc(CC2(C(C)C)CCCN2)c(Cl)c1. The Bertz CT molecular complexity index is 392. The van der Waals surface area contributed by atoms with Crippen LogP contribution in [-0.4, -0.2) is 12.1 Å². The third-order valence-corrected chi connectivity index (χ3v) is 4.45. The van der Waals surface area contributed by atoms with Crippen LogP contribution in [-0.2, 0) is 6.42 Å². The molecule has 94 valence electrons. The second kappa shape index (κ2) is 4.99. The summed E-state index contributed by atoms with van der Waals surface area (Å²) in [5.74, 6) is 0.641. The van der Waals surface area contributed by atoms with Gasteiger partial charge in [-0.1, -0.05) is 37.6 Å². The Morgan fingerprint density at radius 3 is 2.71 bits per heavy atom. The van der Waals surface area contributed by atoms with Gasteiger partial charge in [0.05, 0.1) is 0 Å². The summed E-state index contributed by atoms with van der Waals surface area (Å²) in [4.78, 5) is 0. The average molecular weight is 252 g/mol. The second-order valence-corrected chi connectivity index (χ2v) is 6.02. The van der Waals surface area contributed by atoms with Crippen molar-refractivity contribution in [3.05, 3.63) is 34.3 Å². The van der Waals surface area contributed by atoms with Gasteiger partial charge in [0.1, 0.15) is 0 Å². The van der Waals surface area contributed by atoms with Gasteiger partial charge in [-0.15, -0.1) is 0 Å². The van der Waals surface area contributed by atoms with E-state index in [9.17, 15) is 0 Å². The van der Waals surface area contributed by atoms with Crippen molar-refractivity contribution in [2.24, 2.45) is 5.92 Å². The largest absolute Gasteiger partial charge is 0.311 e. The Morgan fingerprint density at radius 1 is 1.41 bits per heavy atom. The van der Waals surface area contributed by atoms with Crippen LogP contribution in [0.2, 0.25) is 5.02 Å². The minimum Gasteiger partial charge on any atom is -0.311 e. The Kier molecular flexibility index (Phi) is 3.79. The fraction of sp³-hybridized carbons (Fsp3) is 0.600.